The van der Waals surface area contributed by atoms with Crippen LogP contribution < -0.4 is 4.90 Å². The molecule has 19 heavy (non-hydrogen) atoms. The second kappa shape index (κ2) is 5.14. The molecule has 0 aliphatic heterocycles. The number of nitrogens with zero attached hydrogens (tertiary/aromatic N) is 1. The third-order valence-corrected chi connectivity index (χ3v) is 2.99. The third-order valence-electron chi connectivity index (χ3n) is 2.99. The Hall–Kier alpha value is -2.29. The quantitative estimate of drug-likeness (QED) is 0.894. The lowest BCUT2D eigenvalue weighted by Gasteiger charge is -2.18. The first-order valence-electron chi connectivity index (χ1n) is 6.13. The third kappa shape index (κ3) is 2.94. The van der Waals surface area contributed by atoms with Gasteiger partial charge < -0.3 is 10.0 Å². The standard InChI is InChI=1S/C16H17NO2/c1-11-7-12(2)9-13(8-11)16(19)17(3)14-5-4-6-15(18)10-14/h4-10,18H,1-3H3. The van der Waals surface area contributed by atoms with Crippen molar-refractivity contribution < 1.29 is 9.90 Å². The van der Waals surface area contributed by atoms with Gasteiger partial charge in [0.05, 0.1) is 0 Å². The molecule has 2 aromatic rings. The summed E-state index contributed by atoms with van der Waals surface area (Å²) >= 11 is 0. The SMILES string of the molecule is Cc1cc(C)cc(C(=O)N(C)c2cccc(O)c2)c1. The number of anilines is 1. The Morgan fingerprint density at radius 1 is 1.05 bits per heavy atom. The summed E-state index contributed by atoms with van der Waals surface area (Å²) < 4.78 is 0. The Balaban J connectivity index is 2.33. The van der Waals surface area contributed by atoms with Crippen molar-refractivity contribution >= 4 is 11.6 Å². The van der Waals surface area contributed by atoms with E-state index in [-0.39, 0.29) is 11.7 Å². The number of benzene rings is 2. The Bertz CT molecular complexity index is 600. The maximum Gasteiger partial charge on any atom is 0.258 e. The number of carbonyl (C=O) groups is 1. The van der Waals surface area contributed by atoms with E-state index in [4.69, 9.17) is 0 Å². The van der Waals surface area contributed by atoms with Crippen molar-refractivity contribution in [2.45, 2.75) is 13.8 Å². The van der Waals surface area contributed by atoms with Crippen LogP contribution in [0, 0.1) is 13.8 Å². The number of amides is 1. The van der Waals surface area contributed by atoms with Crippen molar-refractivity contribution in [2.75, 3.05) is 11.9 Å². The van der Waals surface area contributed by atoms with Crippen LogP contribution in [0.15, 0.2) is 42.5 Å². The van der Waals surface area contributed by atoms with Gasteiger partial charge in [-0.2, -0.15) is 0 Å². The number of hydrogen-bond donors (Lipinski definition) is 1. The summed E-state index contributed by atoms with van der Waals surface area (Å²) in [7, 11) is 1.70. The molecule has 1 N–H and O–H groups in total. The van der Waals surface area contributed by atoms with E-state index in [1.165, 1.54) is 4.90 Å². The number of carbonyl (C=O) groups excluding carboxylic acids is 1. The van der Waals surface area contributed by atoms with Crippen LogP contribution in [0.5, 0.6) is 5.75 Å². The lowest BCUT2D eigenvalue weighted by atomic mass is 10.1. The Kier molecular flexibility index (Phi) is 3.56. The van der Waals surface area contributed by atoms with Gasteiger partial charge in [0.1, 0.15) is 5.75 Å². The Labute approximate surface area is 113 Å². The van der Waals surface area contributed by atoms with Gasteiger partial charge in [0.25, 0.3) is 5.91 Å². The fourth-order valence-corrected chi connectivity index (χ4v) is 2.11. The zero-order chi connectivity index (χ0) is 14.0. The van der Waals surface area contributed by atoms with Gasteiger partial charge >= 0.3 is 0 Å². The minimum atomic E-state index is -0.0857. The Morgan fingerprint density at radius 3 is 2.26 bits per heavy atom. The van der Waals surface area contributed by atoms with E-state index in [0.717, 1.165) is 11.1 Å². The van der Waals surface area contributed by atoms with E-state index in [1.807, 2.05) is 32.0 Å². The second-order valence-electron chi connectivity index (χ2n) is 4.76. The molecule has 3 nitrogen and oxygen atoms in total. The zero-order valence-electron chi connectivity index (χ0n) is 11.3. The monoisotopic (exact) mass is 255 g/mol. The van der Waals surface area contributed by atoms with Gasteiger partial charge in [-0.15, -0.1) is 0 Å². The average Bonchev–Trinajstić information content (AvgIpc) is 2.36. The number of phenolic OH excluding ortho intramolecular Hbond substituents is 1. The van der Waals surface area contributed by atoms with Crippen LogP contribution in [-0.4, -0.2) is 18.1 Å². The highest BCUT2D eigenvalue weighted by atomic mass is 16.3. The molecule has 3 heteroatoms. The fraction of sp³-hybridized carbons (Fsp3) is 0.188. The maximum absolute atomic E-state index is 12.4. The van der Waals surface area contributed by atoms with Gasteiger partial charge in [-0.3, -0.25) is 4.79 Å². The van der Waals surface area contributed by atoms with Gasteiger partial charge in [-0.25, -0.2) is 0 Å². The molecule has 0 saturated heterocycles. The summed E-state index contributed by atoms with van der Waals surface area (Å²) in [6.45, 7) is 3.94. The minimum absolute atomic E-state index is 0.0857. The molecule has 1 amide bonds. The first kappa shape index (κ1) is 13.1. The summed E-state index contributed by atoms with van der Waals surface area (Å²) in [5.74, 6) is 0.0648. The molecule has 0 aliphatic carbocycles. The van der Waals surface area contributed by atoms with Crippen LogP contribution in [-0.2, 0) is 0 Å². The first-order valence-corrected chi connectivity index (χ1v) is 6.13. The normalized spacial score (nSPS) is 10.3. The molecule has 0 aromatic heterocycles. The minimum Gasteiger partial charge on any atom is -0.508 e. The summed E-state index contributed by atoms with van der Waals surface area (Å²) in [4.78, 5) is 13.9. The second-order valence-corrected chi connectivity index (χ2v) is 4.76. The zero-order valence-corrected chi connectivity index (χ0v) is 11.3. The van der Waals surface area contributed by atoms with E-state index < -0.39 is 0 Å². The molecule has 0 bridgehead atoms. The van der Waals surface area contributed by atoms with Crippen LogP contribution in [0.2, 0.25) is 0 Å². The molecule has 2 rings (SSSR count). The van der Waals surface area contributed by atoms with Crippen molar-refractivity contribution in [3.05, 3.63) is 59.2 Å². The van der Waals surface area contributed by atoms with Gasteiger partial charge in [-0.05, 0) is 38.1 Å². The lowest BCUT2D eigenvalue weighted by Crippen LogP contribution is -2.26. The van der Waals surface area contributed by atoms with Gasteiger partial charge in [-0.1, -0.05) is 23.3 Å². The van der Waals surface area contributed by atoms with Crippen LogP contribution in [0.4, 0.5) is 5.69 Å². The van der Waals surface area contributed by atoms with Crippen LogP contribution in [0.1, 0.15) is 21.5 Å². The highest BCUT2D eigenvalue weighted by Gasteiger charge is 2.14. The number of rotatable bonds is 2. The summed E-state index contributed by atoms with van der Waals surface area (Å²) in [5.41, 5.74) is 3.45. The van der Waals surface area contributed by atoms with E-state index in [2.05, 4.69) is 0 Å². The summed E-state index contributed by atoms with van der Waals surface area (Å²) in [5, 5.41) is 9.46. The maximum atomic E-state index is 12.4. The number of aryl methyl sites for hydroxylation is 2. The molecule has 0 heterocycles. The molecule has 0 radical (unpaired) electrons. The van der Waals surface area contributed by atoms with Crippen molar-refractivity contribution in [2.24, 2.45) is 0 Å². The lowest BCUT2D eigenvalue weighted by molar-refractivity contribution is 0.0993. The first-order chi connectivity index (χ1) is 8.97. The highest BCUT2D eigenvalue weighted by Crippen LogP contribution is 2.21. The van der Waals surface area contributed by atoms with Crippen molar-refractivity contribution in [1.29, 1.82) is 0 Å². The van der Waals surface area contributed by atoms with Crippen molar-refractivity contribution in [3.63, 3.8) is 0 Å². The molecule has 0 unspecified atom stereocenters. The van der Waals surface area contributed by atoms with E-state index >= 15 is 0 Å². The largest absolute Gasteiger partial charge is 0.508 e. The van der Waals surface area contributed by atoms with Crippen LogP contribution >= 0.6 is 0 Å². The van der Waals surface area contributed by atoms with Gasteiger partial charge in [0, 0.05) is 24.4 Å². The molecule has 0 saturated carbocycles. The molecule has 98 valence electrons. The topological polar surface area (TPSA) is 40.5 Å². The average molecular weight is 255 g/mol. The molecule has 0 atom stereocenters. The van der Waals surface area contributed by atoms with Gasteiger partial charge in [0.2, 0.25) is 0 Å². The summed E-state index contributed by atoms with van der Waals surface area (Å²) in [6.07, 6.45) is 0. The van der Waals surface area contributed by atoms with E-state index in [9.17, 15) is 9.90 Å². The predicted molar refractivity (Wildman–Crippen MR) is 76.8 cm³/mol. The molecule has 0 aliphatic rings. The van der Waals surface area contributed by atoms with Gasteiger partial charge in [0.15, 0.2) is 0 Å². The molecular weight excluding hydrogens is 238 g/mol. The van der Waals surface area contributed by atoms with E-state index in [1.54, 1.807) is 31.3 Å². The number of aromatic hydroxyl groups is 1. The van der Waals surface area contributed by atoms with Crippen molar-refractivity contribution in [1.82, 2.24) is 0 Å². The fourth-order valence-electron chi connectivity index (χ4n) is 2.11. The predicted octanol–water partition coefficient (Wildman–Crippen LogP) is 3.29. The molecule has 0 spiro atoms. The molecule has 2 aromatic carbocycles. The summed E-state index contributed by atoms with van der Waals surface area (Å²) in [6, 6.07) is 12.4. The highest BCUT2D eigenvalue weighted by molar-refractivity contribution is 6.06. The van der Waals surface area contributed by atoms with Crippen LogP contribution in [0.25, 0.3) is 0 Å². The molecule has 0 fully saturated rings. The van der Waals surface area contributed by atoms with Crippen molar-refractivity contribution in [3.8, 4) is 5.75 Å². The smallest absolute Gasteiger partial charge is 0.258 e. The number of hydrogen-bond acceptors (Lipinski definition) is 2. The van der Waals surface area contributed by atoms with Crippen LogP contribution in [0.3, 0.4) is 0 Å². The van der Waals surface area contributed by atoms with E-state index in [0.29, 0.717) is 11.3 Å². The number of phenols is 1. The Morgan fingerprint density at radius 2 is 1.68 bits per heavy atom. The molecular formula is C16H17NO2.